The number of benzene rings is 4. The molecule has 6 nitrogen and oxygen atoms in total. The summed E-state index contributed by atoms with van der Waals surface area (Å²) < 4.78 is 54.7. The zero-order valence-corrected chi connectivity index (χ0v) is 22.8. The van der Waals surface area contributed by atoms with Gasteiger partial charge in [-0.25, -0.2) is 16.8 Å². The maximum absolute atomic E-state index is 13.7. The zero-order chi connectivity index (χ0) is 27.6. The summed E-state index contributed by atoms with van der Waals surface area (Å²) in [4.78, 5) is -0.0940. The van der Waals surface area contributed by atoms with Gasteiger partial charge in [0, 0.05) is 0 Å². The van der Waals surface area contributed by atoms with Crippen molar-refractivity contribution in [1.29, 1.82) is 0 Å². The fraction of sp³-hybridized carbons (Fsp3) is 0.200. The monoisotopic (exact) mass is 550 g/mol. The molecule has 0 aliphatic rings. The first-order chi connectivity index (χ1) is 17.9. The molecule has 2 N–H and O–H groups in total. The fourth-order valence-electron chi connectivity index (χ4n) is 4.52. The van der Waals surface area contributed by atoms with Crippen LogP contribution >= 0.6 is 0 Å². The molecule has 0 amide bonds. The molecule has 2 unspecified atom stereocenters. The van der Waals surface area contributed by atoms with Gasteiger partial charge in [0.1, 0.15) is 11.2 Å². The summed E-state index contributed by atoms with van der Waals surface area (Å²) in [5.74, 6) is -1.91. The molecule has 0 heterocycles. The molecule has 0 bridgehead atoms. The molecule has 0 spiro atoms. The first-order valence-corrected chi connectivity index (χ1v) is 15.3. The van der Waals surface area contributed by atoms with Gasteiger partial charge in [0.05, 0.1) is 21.3 Å². The van der Waals surface area contributed by atoms with Crippen LogP contribution in [-0.2, 0) is 30.9 Å². The number of aliphatic hydroxyl groups is 2. The summed E-state index contributed by atoms with van der Waals surface area (Å²) in [6.45, 7) is 3.64. The minimum absolute atomic E-state index is 0.0470. The van der Waals surface area contributed by atoms with Crippen LogP contribution in [0.1, 0.15) is 22.3 Å². The van der Waals surface area contributed by atoms with Crippen LogP contribution in [0, 0.1) is 13.8 Å². The predicted molar refractivity (Wildman–Crippen MR) is 147 cm³/mol. The summed E-state index contributed by atoms with van der Waals surface area (Å²) in [5, 5.41) is 24.7. The Hall–Kier alpha value is -3.30. The van der Waals surface area contributed by atoms with Gasteiger partial charge in [0.25, 0.3) is 0 Å². The van der Waals surface area contributed by atoms with Crippen LogP contribution in [0.5, 0.6) is 0 Å². The Balaban J connectivity index is 1.94. The first-order valence-electron chi connectivity index (χ1n) is 12.0. The Bertz CT molecular complexity index is 1480. The number of rotatable bonds is 9. The average Bonchev–Trinajstić information content (AvgIpc) is 2.89. The van der Waals surface area contributed by atoms with Crippen molar-refractivity contribution >= 4 is 19.7 Å². The van der Waals surface area contributed by atoms with Crippen molar-refractivity contribution in [3.8, 4) is 0 Å². The molecular weight excluding hydrogens is 520 g/mol. The van der Waals surface area contributed by atoms with Gasteiger partial charge in [-0.15, -0.1) is 0 Å². The lowest BCUT2D eigenvalue weighted by atomic mass is 9.75. The number of sulfone groups is 2. The quantitative estimate of drug-likeness (QED) is 0.321. The molecular formula is C30H30O6S2. The second kappa shape index (κ2) is 10.5. The highest BCUT2D eigenvalue weighted by Crippen LogP contribution is 2.44. The van der Waals surface area contributed by atoms with E-state index >= 15 is 0 Å². The van der Waals surface area contributed by atoms with E-state index in [1.54, 1.807) is 60.7 Å². The third-order valence-electron chi connectivity index (χ3n) is 6.74. The maximum Gasteiger partial charge on any atom is 0.181 e. The highest BCUT2D eigenvalue weighted by Gasteiger charge is 2.56. The molecule has 0 aromatic heterocycles. The fourth-order valence-corrected chi connectivity index (χ4v) is 7.86. The van der Waals surface area contributed by atoms with Crippen molar-refractivity contribution in [2.24, 2.45) is 0 Å². The molecule has 38 heavy (non-hydrogen) atoms. The molecule has 4 aromatic rings. The maximum atomic E-state index is 13.7. The molecule has 198 valence electrons. The van der Waals surface area contributed by atoms with Gasteiger partial charge >= 0.3 is 0 Å². The topological polar surface area (TPSA) is 109 Å². The van der Waals surface area contributed by atoms with Crippen LogP contribution in [0.3, 0.4) is 0 Å². The second-order valence-corrected chi connectivity index (χ2v) is 13.6. The third kappa shape index (κ3) is 5.44. The van der Waals surface area contributed by atoms with E-state index in [9.17, 15) is 27.0 Å². The van der Waals surface area contributed by atoms with Gasteiger partial charge < -0.3 is 10.2 Å². The highest BCUT2D eigenvalue weighted by molar-refractivity contribution is 7.92. The Labute approximate surface area is 224 Å². The number of hydrogen-bond donors (Lipinski definition) is 2. The van der Waals surface area contributed by atoms with Crippen molar-refractivity contribution in [2.45, 2.75) is 34.8 Å². The molecule has 0 aliphatic carbocycles. The van der Waals surface area contributed by atoms with Gasteiger partial charge in [-0.2, -0.15) is 0 Å². The van der Waals surface area contributed by atoms with E-state index in [1.807, 2.05) is 13.8 Å². The summed E-state index contributed by atoms with van der Waals surface area (Å²) in [6, 6.07) is 28.0. The van der Waals surface area contributed by atoms with E-state index in [1.165, 1.54) is 48.5 Å². The lowest BCUT2D eigenvalue weighted by molar-refractivity contribution is -0.138. The molecule has 0 aliphatic heterocycles. The van der Waals surface area contributed by atoms with Crippen LogP contribution in [0.2, 0.25) is 0 Å². The SMILES string of the molecule is Cc1ccc(S(=O)(=O)CC(O)(c2ccccc2)C(O)(CS(=O)(=O)c2ccc(C)cc2)c2ccccc2)cc1. The smallest absolute Gasteiger partial charge is 0.181 e. The largest absolute Gasteiger partial charge is 0.381 e. The Morgan fingerprint density at radius 2 is 0.789 bits per heavy atom. The lowest BCUT2D eigenvalue weighted by Crippen LogP contribution is -2.57. The molecule has 0 radical (unpaired) electrons. The molecule has 8 heteroatoms. The van der Waals surface area contributed by atoms with Crippen molar-refractivity contribution in [3.05, 3.63) is 131 Å². The van der Waals surface area contributed by atoms with Gasteiger partial charge in [0.15, 0.2) is 19.7 Å². The predicted octanol–water partition coefficient (Wildman–Crippen LogP) is 4.33. The first kappa shape index (κ1) is 27.7. The summed E-state index contributed by atoms with van der Waals surface area (Å²) in [7, 11) is -8.41. The number of aryl methyl sites for hydroxylation is 2. The van der Waals surface area contributed by atoms with Crippen molar-refractivity contribution in [1.82, 2.24) is 0 Å². The van der Waals surface area contributed by atoms with E-state index in [0.29, 0.717) is 0 Å². The molecule has 0 saturated carbocycles. The Kier molecular flexibility index (Phi) is 7.63. The minimum atomic E-state index is -4.20. The standard InChI is InChI=1S/C30H30O6S2/c1-23-13-17-27(18-14-23)37(33,34)21-29(31,25-9-5-3-6-10-25)30(32,26-11-7-4-8-12-26)22-38(35,36)28-19-15-24(2)16-20-28/h3-20,31-32H,21-22H2,1-2H3. The van der Waals surface area contributed by atoms with Gasteiger partial charge in [-0.1, -0.05) is 96.1 Å². The molecule has 4 rings (SSSR count). The lowest BCUT2D eigenvalue weighted by Gasteiger charge is -2.44. The summed E-state index contributed by atoms with van der Waals surface area (Å²) in [6.07, 6.45) is 0. The van der Waals surface area contributed by atoms with Gasteiger partial charge in [-0.3, -0.25) is 0 Å². The summed E-state index contributed by atoms with van der Waals surface area (Å²) >= 11 is 0. The molecule has 2 atom stereocenters. The van der Waals surface area contributed by atoms with Crippen LogP contribution in [0.15, 0.2) is 119 Å². The zero-order valence-electron chi connectivity index (χ0n) is 21.2. The van der Waals surface area contributed by atoms with Gasteiger partial charge in [0.2, 0.25) is 0 Å². The van der Waals surface area contributed by atoms with Crippen LogP contribution in [-0.4, -0.2) is 38.6 Å². The van der Waals surface area contributed by atoms with E-state index in [2.05, 4.69) is 0 Å². The van der Waals surface area contributed by atoms with E-state index in [0.717, 1.165) is 11.1 Å². The van der Waals surface area contributed by atoms with Crippen LogP contribution < -0.4 is 0 Å². The minimum Gasteiger partial charge on any atom is -0.381 e. The van der Waals surface area contributed by atoms with Crippen molar-refractivity contribution in [2.75, 3.05) is 11.5 Å². The normalized spacial score (nSPS) is 15.4. The van der Waals surface area contributed by atoms with Crippen LogP contribution in [0.4, 0.5) is 0 Å². The molecule has 0 saturated heterocycles. The van der Waals surface area contributed by atoms with Gasteiger partial charge in [-0.05, 0) is 49.2 Å². The van der Waals surface area contributed by atoms with Crippen LogP contribution in [0.25, 0.3) is 0 Å². The molecule has 0 fully saturated rings. The van der Waals surface area contributed by atoms with E-state index < -0.39 is 42.4 Å². The summed E-state index contributed by atoms with van der Waals surface area (Å²) in [5.41, 5.74) is -3.24. The van der Waals surface area contributed by atoms with E-state index in [4.69, 9.17) is 0 Å². The average molecular weight is 551 g/mol. The Morgan fingerprint density at radius 1 is 0.500 bits per heavy atom. The Morgan fingerprint density at radius 3 is 1.08 bits per heavy atom. The van der Waals surface area contributed by atoms with E-state index in [-0.39, 0.29) is 20.9 Å². The number of hydrogen-bond acceptors (Lipinski definition) is 6. The molecule has 4 aromatic carbocycles. The third-order valence-corrected chi connectivity index (χ3v) is 10.3. The highest BCUT2D eigenvalue weighted by atomic mass is 32.2. The van der Waals surface area contributed by atoms with Crippen molar-refractivity contribution < 1.29 is 27.0 Å². The van der Waals surface area contributed by atoms with Crippen molar-refractivity contribution in [3.63, 3.8) is 0 Å². The second-order valence-electron chi connectivity index (χ2n) is 9.60.